The fourth-order valence-corrected chi connectivity index (χ4v) is 3.36. The van der Waals surface area contributed by atoms with E-state index in [1.54, 1.807) is 0 Å². The van der Waals surface area contributed by atoms with E-state index in [9.17, 15) is 4.79 Å². The molecule has 2 fully saturated rings. The smallest absolute Gasteiger partial charge is 0.318 e. The molecule has 0 aromatic heterocycles. The van der Waals surface area contributed by atoms with Crippen molar-refractivity contribution in [1.82, 2.24) is 15.1 Å². The lowest BCUT2D eigenvalue weighted by atomic mass is 10.0. The quantitative estimate of drug-likeness (QED) is 0.788. The number of hydrogen-bond donors (Lipinski definition) is 1. The van der Waals surface area contributed by atoms with Crippen LogP contribution in [0.1, 0.15) is 32.1 Å². The Morgan fingerprint density at radius 1 is 1.36 bits per heavy atom. The second-order valence-corrected chi connectivity index (χ2v) is 7.02. The Balaban J connectivity index is 1.43. The van der Waals surface area contributed by atoms with Gasteiger partial charge < -0.3 is 19.9 Å². The van der Waals surface area contributed by atoms with E-state index < -0.39 is 0 Å². The van der Waals surface area contributed by atoms with Crippen molar-refractivity contribution >= 4 is 6.03 Å². The molecule has 0 aromatic carbocycles. The van der Waals surface area contributed by atoms with Crippen molar-refractivity contribution < 1.29 is 9.53 Å². The first kappa shape index (κ1) is 15.8. The third-order valence-corrected chi connectivity index (χ3v) is 4.77. The number of ether oxygens (including phenoxy) is 1. The molecule has 0 radical (unpaired) electrons. The Labute approximate surface area is 133 Å². The average molecular weight is 307 g/mol. The highest BCUT2D eigenvalue weighted by atomic mass is 16.5. The Hall–Kier alpha value is -1.07. The van der Waals surface area contributed by atoms with Crippen LogP contribution in [-0.2, 0) is 4.74 Å². The fraction of sp³-hybridized carbons (Fsp3) is 0.824. The second-order valence-electron chi connectivity index (χ2n) is 7.02. The Kier molecular flexibility index (Phi) is 5.37. The summed E-state index contributed by atoms with van der Waals surface area (Å²) in [5, 5.41) is 3.14. The largest absolute Gasteiger partial charge is 0.373 e. The second kappa shape index (κ2) is 7.47. The monoisotopic (exact) mass is 307 g/mol. The van der Waals surface area contributed by atoms with Crippen molar-refractivity contribution in [3.8, 4) is 0 Å². The lowest BCUT2D eigenvalue weighted by molar-refractivity contribution is -0.0279. The highest BCUT2D eigenvalue weighted by Gasteiger charge is 2.28. The topological polar surface area (TPSA) is 44.8 Å². The molecule has 2 aliphatic carbocycles. The summed E-state index contributed by atoms with van der Waals surface area (Å²) in [6.45, 7) is 4.14. The van der Waals surface area contributed by atoms with E-state index in [-0.39, 0.29) is 18.2 Å². The normalized spacial score (nSPS) is 28.9. The van der Waals surface area contributed by atoms with Crippen LogP contribution < -0.4 is 5.32 Å². The van der Waals surface area contributed by atoms with E-state index in [4.69, 9.17) is 4.74 Å². The van der Waals surface area contributed by atoms with Gasteiger partial charge in [0.15, 0.2) is 0 Å². The molecule has 0 bridgehead atoms. The SMILES string of the molecule is CN(CC1CC1)C[C@@H]1CN(C(=O)N[C@@H]2C=CCCC2)CCO1. The van der Waals surface area contributed by atoms with Crippen molar-refractivity contribution in [2.24, 2.45) is 5.92 Å². The molecule has 2 amide bonds. The maximum Gasteiger partial charge on any atom is 0.318 e. The highest BCUT2D eigenvalue weighted by molar-refractivity contribution is 5.75. The summed E-state index contributed by atoms with van der Waals surface area (Å²) in [6, 6.07) is 0.273. The lowest BCUT2D eigenvalue weighted by Gasteiger charge is -2.35. The molecule has 22 heavy (non-hydrogen) atoms. The van der Waals surface area contributed by atoms with Gasteiger partial charge in [0.05, 0.1) is 12.7 Å². The zero-order valence-electron chi connectivity index (χ0n) is 13.7. The summed E-state index contributed by atoms with van der Waals surface area (Å²) in [5.41, 5.74) is 0. The van der Waals surface area contributed by atoms with E-state index in [2.05, 4.69) is 29.4 Å². The molecule has 124 valence electrons. The van der Waals surface area contributed by atoms with Gasteiger partial charge >= 0.3 is 6.03 Å². The predicted molar refractivity (Wildman–Crippen MR) is 86.8 cm³/mol. The third-order valence-electron chi connectivity index (χ3n) is 4.77. The predicted octanol–water partition coefficient (Wildman–Crippen LogP) is 1.85. The average Bonchev–Trinajstić information content (AvgIpc) is 3.32. The van der Waals surface area contributed by atoms with Gasteiger partial charge in [0.1, 0.15) is 0 Å². The molecule has 0 spiro atoms. The number of morpholine rings is 1. The first-order valence-electron chi connectivity index (χ1n) is 8.73. The molecule has 0 unspecified atom stereocenters. The number of amides is 2. The van der Waals surface area contributed by atoms with E-state index in [1.807, 2.05) is 4.90 Å². The standard InChI is InChI=1S/C17H29N3O2/c1-19(11-14-7-8-14)12-16-13-20(9-10-22-16)17(21)18-15-5-3-2-4-6-15/h3,5,14-16H,2,4,6-13H2,1H3,(H,18,21)/t15-,16-/m1/s1. The molecule has 1 saturated carbocycles. The highest BCUT2D eigenvalue weighted by Crippen LogP contribution is 2.29. The molecule has 5 nitrogen and oxygen atoms in total. The number of likely N-dealkylation sites (N-methyl/N-ethyl adjacent to an activating group) is 1. The van der Waals surface area contributed by atoms with Crippen LogP contribution in [-0.4, -0.2) is 67.8 Å². The van der Waals surface area contributed by atoms with Crippen molar-refractivity contribution in [3.63, 3.8) is 0 Å². The van der Waals surface area contributed by atoms with Gasteiger partial charge in [0.25, 0.3) is 0 Å². The number of nitrogens with zero attached hydrogens (tertiary/aromatic N) is 2. The molecule has 3 rings (SSSR count). The summed E-state index contributed by atoms with van der Waals surface area (Å²) in [7, 11) is 2.16. The number of rotatable bonds is 5. The molecular weight excluding hydrogens is 278 g/mol. The van der Waals surface area contributed by atoms with Crippen LogP contribution in [0.25, 0.3) is 0 Å². The van der Waals surface area contributed by atoms with Gasteiger partial charge in [0, 0.05) is 32.2 Å². The van der Waals surface area contributed by atoms with Gasteiger partial charge in [-0.3, -0.25) is 0 Å². The first-order valence-corrected chi connectivity index (χ1v) is 8.73. The van der Waals surface area contributed by atoms with Gasteiger partial charge in [-0.25, -0.2) is 4.79 Å². The van der Waals surface area contributed by atoms with Crippen molar-refractivity contribution in [2.75, 3.05) is 39.8 Å². The molecule has 1 N–H and O–H groups in total. The summed E-state index contributed by atoms with van der Waals surface area (Å²) in [4.78, 5) is 16.7. The number of urea groups is 1. The van der Waals surface area contributed by atoms with Gasteiger partial charge in [-0.2, -0.15) is 0 Å². The van der Waals surface area contributed by atoms with Crippen LogP contribution in [0.15, 0.2) is 12.2 Å². The van der Waals surface area contributed by atoms with Gasteiger partial charge in [-0.15, -0.1) is 0 Å². The van der Waals surface area contributed by atoms with Gasteiger partial charge in [-0.1, -0.05) is 12.2 Å². The van der Waals surface area contributed by atoms with Crippen LogP contribution in [0.2, 0.25) is 0 Å². The fourth-order valence-electron chi connectivity index (χ4n) is 3.36. The van der Waals surface area contributed by atoms with E-state index in [1.165, 1.54) is 25.8 Å². The Bertz CT molecular complexity index is 409. The van der Waals surface area contributed by atoms with E-state index in [0.29, 0.717) is 19.7 Å². The Morgan fingerprint density at radius 2 is 2.23 bits per heavy atom. The van der Waals surface area contributed by atoms with Crippen molar-refractivity contribution in [2.45, 2.75) is 44.2 Å². The maximum atomic E-state index is 12.4. The minimum atomic E-state index is 0.0645. The van der Waals surface area contributed by atoms with Gasteiger partial charge in [-0.05, 0) is 45.1 Å². The summed E-state index contributed by atoms with van der Waals surface area (Å²) < 4.78 is 5.84. The summed E-state index contributed by atoms with van der Waals surface area (Å²) in [5.74, 6) is 0.895. The molecule has 2 atom stereocenters. The van der Waals surface area contributed by atoms with E-state index in [0.717, 1.165) is 25.3 Å². The molecule has 3 aliphatic rings. The maximum absolute atomic E-state index is 12.4. The third kappa shape index (κ3) is 4.71. The summed E-state index contributed by atoms with van der Waals surface area (Å²) in [6.07, 6.45) is 10.5. The molecule has 1 saturated heterocycles. The molecule has 1 aliphatic heterocycles. The number of carbonyl (C=O) groups excluding carboxylic acids is 1. The number of hydrogen-bond acceptors (Lipinski definition) is 3. The number of nitrogens with one attached hydrogen (secondary N) is 1. The summed E-state index contributed by atoms with van der Waals surface area (Å²) >= 11 is 0. The Morgan fingerprint density at radius 3 is 2.95 bits per heavy atom. The number of carbonyl (C=O) groups is 1. The minimum absolute atomic E-state index is 0.0645. The lowest BCUT2D eigenvalue weighted by Crippen LogP contribution is -2.53. The van der Waals surface area contributed by atoms with E-state index >= 15 is 0 Å². The molecule has 1 heterocycles. The molecule has 5 heteroatoms. The zero-order valence-corrected chi connectivity index (χ0v) is 13.7. The van der Waals surface area contributed by atoms with Crippen molar-refractivity contribution in [1.29, 1.82) is 0 Å². The van der Waals surface area contributed by atoms with Crippen LogP contribution in [0.5, 0.6) is 0 Å². The minimum Gasteiger partial charge on any atom is -0.373 e. The van der Waals surface area contributed by atoms with Crippen LogP contribution in [0, 0.1) is 5.92 Å². The van der Waals surface area contributed by atoms with Crippen LogP contribution in [0.3, 0.4) is 0 Å². The number of allylic oxidation sites excluding steroid dienone is 1. The molecular formula is C17H29N3O2. The van der Waals surface area contributed by atoms with Gasteiger partial charge in [0.2, 0.25) is 0 Å². The zero-order chi connectivity index (χ0) is 15.4. The first-order chi connectivity index (χ1) is 10.7. The van der Waals surface area contributed by atoms with Crippen LogP contribution in [0.4, 0.5) is 4.79 Å². The molecule has 0 aromatic rings. The van der Waals surface area contributed by atoms with Crippen LogP contribution >= 0.6 is 0 Å². The van der Waals surface area contributed by atoms with Crippen molar-refractivity contribution in [3.05, 3.63) is 12.2 Å².